The van der Waals surface area contributed by atoms with E-state index in [-0.39, 0.29) is 0 Å². The van der Waals surface area contributed by atoms with Crippen molar-refractivity contribution < 1.29 is 0 Å². The molecule has 0 unspecified atom stereocenters. The summed E-state index contributed by atoms with van der Waals surface area (Å²) in [6, 6.07) is 0. The molecule has 0 atom stereocenters. The van der Waals surface area contributed by atoms with Gasteiger partial charge in [0.05, 0.1) is 18.4 Å². The summed E-state index contributed by atoms with van der Waals surface area (Å²) in [4.78, 5) is 0. The Morgan fingerprint density at radius 2 is 1.78 bits per heavy atom. The molecule has 2 N–H and O–H groups in total. The topological polar surface area (TPSA) is 56.7 Å². The molecule has 4 heteroatoms. The molecule has 4 saturated carbocycles. The second-order valence-electron chi connectivity index (χ2n) is 6.83. The third-order valence-electron chi connectivity index (χ3n) is 5.54. The summed E-state index contributed by atoms with van der Waals surface area (Å²) in [5, 5.41) is 8.41. The molecule has 0 radical (unpaired) electrons. The van der Waals surface area contributed by atoms with E-state index >= 15 is 0 Å². The number of hydrogen-bond acceptors (Lipinski definition) is 3. The standard InChI is InChI=1S/C14H22N4/c15-1-2-18-13(9-16-17-18)14-6-10-3-11(7-14)5-12(4-10)8-14/h9-12H,1-8,15H2. The Labute approximate surface area is 108 Å². The highest BCUT2D eigenvalue weighted by molar-refractivity contribution is 5.20. The fraction of sp³-hybridized carbons (Fsp3) is 0.857. The highest BCUT2D eigenvalue weighted by Crippen LogP contribution is 2.60. The van der Waals surface area contributed by atoms with E-state index in [1.807, 2.05) is 6.20 Å². The van der Waals surface area contributed by atoms with Gasteiger partial charge in [-0.15, -0.1) is 5.10 Å². The number of aromatic nitrogens is 3. The molecule has 1 aromatic rings. The third kappa shape index (κ3) is 1.48. The van der Waals surface area contributed by atoms with Gasteiger partial charge in [-0.05, 0) is 56.3 Å². The lowest BCUT2D eigenvalue weighted by atomic mass is 9.49. The van der Waals surface area contributed by atoms with Gasteiger partial charge < -0.3 is 5.73 Å². The van der Waals surface area contributed by atoms with Gasteiger partial charge in [0.1, 0.15) is 0 Å². The fourth-order valence-electron chi connectivity index (χ4n) is 5.38. The van der Waals surface area contributed by atoms with E-state index < -0.39 is 0 Å². The second-order valence-corrected chi connectivity index (χ2v) is 6.83. The predicted molar refractivity (Wildman–Crippen MR) is 68.9 cm³/mol. The van der Waals surface area contributed by atoms with E-state index in [1.165, 1.54) is 44.2 Å². The number of hydrogen-bond donors (Lipinski definition) is 1. The van der Waals surface area contributed by atoms with Gasteiger partial charge in [-0.3, -0.25) is 0 Å². The average Bonchev–Trinajstić information content (AvgIpc) is 2.76. The molecule has 0 spiro atoms. The zero-order valence-corrected chi connectivity index (χ0v) is 10.9. The Morgan fingerprint density at radius 1 is 1.17 bits per heavy atom. The molecule has 4 nitrogen and oxygen atoms in total. The monoisotopic (exact) mass is 246 g/mol. The molecule has 4 bridgehead atoms. The van der Waals surface area contributed by atoms with Crippen LogP contribution in [-0.2, 0) is 12.0 Å². The zero-order valence-electron chi connectivity index (χ0n) is 10.9. The first-order valence-electron chi connectivity index (χ1n) is 7.38. The summed E-state index contributed by atoms with van der Waals surface area (Å²) < 4.78 is 2.08. The normalized spacial score (nSPS) is 41.5. The first-order chi connectivity index (χ1) is 8.79. The van der Waals surface area contributed by atoms with Crippen molar-refractivity contribution in [3.63, 3.8) is 0 Å². The fourth-order valence-corrected chi connectivity index (χ4v) is 5.38. The van der Waals surface area contributed by atoms with Crippen molar-refractivity contribution in [1.82, 2.24) is 15.0 Å². The van der Waals surface area contributed by atoms with Crippen molar-refractivity contribution in [3.05, 3.63) is 11.9 Å². The Kier molecular flexibility index (Phi) is 2.31. The van der Waals surface area contributed by atoms with E-state index in [0.29, 0.717) is 12.0 Å². The minimum atomic E-state index is 0.396. The van der Waals surface area contributed by atoms with E-state index in [0.717, 1.165) is 24.3 Å². The van der Waals surface area contributed by atoms with E-state index in [2.05, 4.69) is 15.0 Å². The molecule has 1 aromatic heterocycles. The average molecular weight is 246 g/mol. The Bertz CT molecular complexity index is 415. The molecular formula is C14H22N4. The Hall–Kier alpha value is -0.900. The highest BCUT2D eigenvalue weighted by atomic mass is 15.4. The molecule has 4 fully saturated rings. The third-order valence-corrected chi connectivity index (χ3v) is 5.54. The first kappa shape index (κ1) is 11.0. The summed E-state index contributed by atoms with van der Waals surface area (Å²) in [6.07, 6.45) is 10.6. The van der Waals surface area contributed by atoms with Crippen LogP contribution < -0.4 is 5.73 Å². The molecule has 1 heterocycles. The van der Waals surface area contributed by atoms with Crippen LogP contribution in [0.4, 0.5) is 0 Å². The summed E-state index contributed by atoms with van der Waals surface area (Å²) in [7, 11) is 0. The van der Waals surface area contributed by atoms with Crippen LogP contribution in [0.25, 0.3) is 0 Å². The largest absolute Gasteiger partial charge is 0.329 e. The van der Waals surface area contributed by atoms with Gasteiger partial charge in [-0.1, -0.05) is 5.21 Å². The highest BCUT2D eigenvalue weighted by Gasteiger charge is 2.52. The van der Waals surface area contributed by atoms with Crippen molar-refractivity contribution in [2.75, 3.05) is 6.54 Å². The second kappa shape index (κ2) is 3.80. The van der Waals surface area contributed by atoms with Gasteiger partial charge >= 0.3 is 0 Å². The SMILES string of the molecule is NCCn1nncc1C12CC3CC(CC(C3)C1)C2. The van der Waals surface area contributed by atoms with Crippen molar-refractivity contribution in [2.45, 2.75) is 50.5 Å². The van der Waals surface area contributed by atoms with Gasteiger partial charge in [0, 0.05) is 12.0 Å². The van der Waals surface area contributed by atoms with Crippen LogP contribution in [0.3, 0.4) is 0 Å². The molecule has 5 rings (SSSR count). The van der Waals surface area contributed by atoms with Crippen LogP contribution >= 0.6 is 0 Å². The van der Waals surface area contributed by atoms with Crippen molar-refractivity contribution >= 4 is 0 Å². The van der Waals surface area contributed by atoms with Crippen LogP contribution in [0.15, 0.2) is 6.20 Å². The summed E-state index contributed by atoms with van der Waals surface area (Å²) in [6.45, 7) is 1.47. The van der Waals surface area contributed by atoms with Crippen molar-refractivity contribution in [1.29, 1.82) is 0 Å². The van der Waals surface area contributed by atoms with Crippen LogP contribution in [0.2, 0.25) is 0 Å². The summed E-state index contributed by atoms with van der Waals surface area (Å²) in [5.74, 6) is 2.91. The molecule has 98 valence electrons. The number of rotatable bonds is 3. The van der Waals surface area contributed by atoms with Crippen molar-refractivity contribution in [3.8, 4) is 0 Å². The summed E-state index contributed by atoms with van der Waals surface area (Å²) in [5.41, 5.74) is 7.47. The quantitative estimate of drug-likeness (QED) is 0.883. The molecule has 0 aliphatic heterocycles. The van der Waals surface area contributed by atoms with Crippen LogP contribution in [0, 0.1) is 17.8 Å². The first-order valence-corrected chi connectivity index (χ1v) is 7.38. The predicted octanol–water partition coefficient (Wildman–Crippen LogP) is 1.70. The van der Waals surface area contributed by atoms with Crippen LogP contribution in [0.1, 0.15) is 44.2 Å². The lowest BCUT2D eigenvalue weighted by Gasteiger charge is -2.56. The molecule has 0 saturated heterocycles. The minimum Gasteiger partial charge on any atom is -0.329 e. The minimum absolute atomic E-state index is 0.396. The molecule has 18 heavy (non-hydrogen) atoms. The van der Waals surface area contributed by atoms with E-state index in [1.54, 1.807) is 0 Å². The molecule has 0 aromatic carbocycles. The molecule has 4 aliphatic carbocycles. The van der Waals surface area contributed by atoms with Gasteiger partial charge in [0.25, 0.3) is 0 Å². The number of nitrogens with zero attached hydrogens (tertiary/aromatic N) is 3. The zero-order chi connectivity index (χ0) is 12.2. The summed E-state index contributed by atoms with van der Waals surface area (Å²) >= 11 is 0. The van der Waals surface area contributed by atoms with Crippen molar-refractivity contribution in [2.24, 2.45) is 23.5 Å². The van der Waals surface area contributed by atoms with E-state index in [9.17, 15) is 0 Å². The smallest absolute Gasteiger partial charge is 0.0730 e. The lowest BCUT2D eigenvalue weighted by molar-refractivity contribution is -0.00928. The number of nitrogens with two attached hydrogens (primary N) is 1. The molecular weight excluding hydrogens is 224 g/mol. The van der Waals surface area contributed by atoms with Crippen LogP contribution in [0.5, 0.6) is 0 Å². The van der Waals surface area contributed by atoms with Gasteiger partial charge in [-0.25, -0.2) is 4.68 Å². The molecule has 4 aliphatic rings. The maximum Gasteiger partial charge on any atom is 0.0730 e. The van der Waals surface area contributed by atoms with Gasteiger partial charge in [0.15, 0.2) is 0 Å². The maximum atomic E-state index is 5.69. The van der Waals surface area contributed by atoms with Gasteiger partial charge in [0.2, 0.25) is 0 Å². The maximum absolute atomic E-state index is 5.69. The lowest BCUT2D eigenvalue weighted by Crippen LogP contribution is -2.49. The Balaban J connectivity index is 1.72. The van der Waals surface area contributed by atoms with Gasteiger partial charge in [-0.2, -0.15) is 0 Å². The molecule has 0 amide bonds. The Morgan fingerprint density at radius 3 is 2.33 bits per heavy atom. The van der Waals surface area contributed by atoms with Crippen LogP contribution in [-0.4, -0.2) is 21.5 Å². The van der Waals surface area contributed by atoms with E-state index in [4.69, 9.17) is 5.73 Å².